The lowest BCUT2D eigenvalue weighted by Crippen LogP contribution is -2.32. The molecular weight excluding hydrogens is 282 g/mol. The van der Waals surface area contributed by atoms with Crippen LogP contribution in [0, 0.1) is 0 Å². The van der Waals surface area contributed by atoms with E-state index in [-0.39, 0.29) is 23.3 Å². The van der Waals surface area contributed by atoms with Gasteiger partial charge in [-0.3, -0.25) is 4.79 Å². The van der Waals surface area contributed by atoms with E-state index in [4.69, 9.17) is 9.47 Å². The van der Waals surface area contributed by atoms with Crippen LogP contribution in [0.15, 0.2) is 42.5 Å². The largest absolute Gasteiger partial charge is 0.507 e. The normalized spacial score (nSPS) is 16.3. The molecule has 1 atom stereocenters. The number of rotatable bonds is 3. The maximum Gasteiger partial charge on any atom is 0.255 e. The topological polar surface area (TPSA) is 67.8 Å². The van der Waals surface area contributed by atoms with E-state index >= 15 is 0 Å². The Morgan fingerprint density at radius 2 is 2.14 bits per heavy atom. The predicted molar refractivity (Wildman–Crippen MR) is 81.4 cm³/mol. The molecule has 5 heteroatoms. The predicted octanol–water partition coefficient (Wildman–Crippen LogP) is 2.65. The highest BCUT2D eigenvalue weighted by Gasteiger charge is 2.24. The number of hydrogen-bond acceptors (Lipinski definition) is 4. The van der Waals surface area contributed by atoms with Crippen LogP contribution in [0.1, 0.15) is 28.4 Å². The molecule has 0 bridgehead atoms. The Hall–Kier alpha value is -2.69. The van der Waals surface area contributed by atoms with E-state index in [1.807, 2.05) is 24.3 Å². The Morgan fingerprint density at radius 1 is 1.32 bits per heavy atom. The lowest BCUT2D eigenvalue weighted by molar-refractivity contribution is 0.0921. The maximum absolute atomic E-state index is 12.4. The summed E-state index contributed by atoms with van der Waals surface area (Å²) in [6, 6.07) is 12.1. The minimum Gasteiger partial charge on any atom is -0.507 e. The van der Waals surface area contributed by atoms with Crippen molar-refractivity contribution < 1.29 is 19.4 Å². The summed E-state index contributed by atoms with van der Waals surface area (Å²) in [7, 11) is 1.52. The second-order valence-electron chi connectivity index (χ2n) is 5.08. The molecular formula is C17H17NO4. The number of phenols is 1. The van der Waals surface area contributed by atoms with Gasteiger partial charge < -0.3 is 19.9 Å². The number of nitrogens with one attached hydrogen (secondary N) is 1. The molecule has 0 saturated heterocycles. The van der Waals surface area contributed by atoms with Gasteiger partial charge in [-0.25, -0.2) is 0 Å². The summed E-state index contributed by atoms with van der Waals surface area (Å²) in [5.74, 6) is 0.904. The fourth-order valence-corrected chi connectivity index (χ4v) is 2.55. The van der Waals surface area contributed by atoms with Gasteiger partial charge in [-0.05, 0) is 24.3 Å². The minimum atomic E-state index is -0.335. The van der Waals surface area contributed by atoms with Crippen molar-refractivity contribution in [2.45, 2.75) is 12.5 Å². The van der Waals surface area contributed by atoms with Gasteiger partial charge in [0.1, 0.15) is 17.2 Å². The number of hydrogen-bond donors (Lipinski definition) is 2. The summed E-state index contributed by atoms with van der Waals surface area (Å²) < 4.78 is 10.7. The summed E-state index contributed by atoms with van der Waals surface area (Å²) in [4.78, 5) is 12.4. The smallest absolute Gasteiger partial charge is 0.255 e. The first-order chi connectivity index (χ1) is 10.7. The first kappa shape index (κ1) is 14.3. The molecule has 2 aromatic carbocycles. The van der Waals surface area contributed by atoms with Crippen LogP contribution < -0.4 is 14.8 Å². The molecule has 0 unspecified atom stereocenters. The maximum atomic E-state index is 12.4. The molecule has 2 N–H and O–H groups in total. The average molecular weight is 299 g/mol. The lowest BCUT2D eigenvalue weighted by atomic mass is 10.00. The van der Waals surface area contributed by atoms with Gasteiger partial charge in [0, 0.05) is 12.0 Å². The molecule has 0 fully saturated rings. The molecule has 0 spiro atoms. The summed E-state index contributed by atoms with van der Waals surface area (Å²) in [6.07, 6.45) is 0.688. The van der Waals surface area contributed by atoms with Crippen LogP contribution in [-0.4, -0.2) is 24.7 Å². The number of amides is 1. The summed E-state index contributed by atoms with van der Waals surface area (Å²) >= 11 is 0. The zero-order valence-electron chi connectivity index (χ0n) is 12.2. The molecule has 1 aliphatic heterocycles. The minimum absolute atomic E-state index is 0.0707. The van der Waals surface area contributed by atoms with Crippen molar-refractivity contribution >= 4 is 5.91 Å². The van der Waals surface area contributed by atoms with Crippen molar-refractivity contribution in [3.8, 4) is 17.2 Å². The lowest BCUT2D eigenvalue weighted by Gasteiger charge is -2.26. The third kappa shape index (κ3) is 2.70. The molecule has 1 aliphatic rings. The van der Waals surface area contributed by atoms with Crippen LogP contribution in [-0.2, 0) is 0 Å². The number of ether oxygens (including phenoxy) is 2. The molecule has 1 amide bonds. The fourth-order valence-electron chi connectivity index (χ4n) is 2.55. The molecule has 114 valence electrons. The molecule has 5 nitrogen and oxygen atoms in total. The standard InChI is InChI=1S/C17H17NO4/c1-21-11-6-7-15(19)13(10-11)17(20)18-14-8-9-22-16-5-3-2-4-12(14)16/h2-7,10,14,19H,8-9H2,1H3,(H,18,20)/t14-/m1/s1. The molecule has 0 aliphatic carbocycles. The highest BCUT2D eigenvalue weighted by atomic mass is 16.5. The Morgan fingerprint density at radius 3 is 2.95 bits per heavy atom. The SMILES string of the molecule is COc1ccc(O)c(C(=O)N[C@@H]2CCOc3ccccc32)c1. The van der Waals surface area contributed by atoms with Crippen molar-refractivity contribution in [3.63, 3.8) is 0 Å². The number of methoxy groups -OCH3 is 1. The summed E-state index contributed by atoms with van der Waals surface area (Å²) in [5.41, 5.74) is 1.15. The number of carbonyl (C=O) groups is 1. The van der Waals surface area contributed by atoms with Crippen LogP contribution in [0.4, 0.5) is 0 Å². The number of aromatic hydroxyl groups is 1. The Kier molecular flexibility index (Phi) is 3.87. The average Bonchev–Trinajstić information content (AvgIpc) is 2.55. The zero-order valence-corrected chi connectivity index (χ0v) is 12.2. The van der Waals surface area contributed by atoms with E-state index in [2.05, 4.69) is 5.32 Å². The van der Waals surface area contributed by atoms with Crippen LogP contribution >= 0.6 is 0 Å². The van der Waals surface area contributed by atoms with Crippen LogP contribution in [0.25, 0.3) is 0 Å². The van der Waals surface area contributed by atoms with Gasteiger partial charge in [-0.2, -0.15) is 0 Å². The molecule has 3 rings (SSSR count). The van der Waals surface area contributed by atoms with E-state index in [0.29, 0.717) is 18.8 Å². The molecule has 22 heavy (non-hydrogen) atoms. The van der Waals surface area contributed by atoms with Crippen LogP contribution in [0.3, 0.4) is 0 Å². The Bertz CT molecular complexity index is 699. The highest BCUT2D eigenvalue weighted by molar-refractivity contribution is 5.97. The number of carbonyl (C=O) groups excluding carboxylic acids is 1. The number of benzene rings is 2. The van der Waals surface area contributed by atoms with E-state index < -0.39 is 0 Å². The van der Waals surface area contributed by atoms with Gasteiger partial charge in [-0.15, -0.1) is 0 Å². The van der Waals surface area contributed by atoms with Gasteiger partial charge in [-0.1, -0.05) is 18.2 Å². The third-order valence-corrected chi connectivity index (χ3v) is 3.71. The van der Waals surface area contributed by atoms with Crippen molar-refractivity contribution in [2.24, 2.45) is 0 Å². The number of phenolic OH excluding ortho intramolecular Hbond substituents is 1. The second-order valence-corrected chi connectivity index (χ2v) is 5.08. The third-order valence-electron chi connectivity index (χ3n) is 3.71. The quantitative estimate of drug-likeness (QED) is 0.914. The van der Waals surface area contributed by atoms with Gasteiger partial charge in [0.25, 0.3) is 5.91 Å². The van der Waals surface area contributed by atoms with Crippen molar-refractivity contribution in [3.05, 3.63) is 53.6 Å². The van der Waals surface area contributed by atoms with E-state index in [9.17, 15) is 9.90 Å². The summed E-state index contributed by atoms with van der Waals surface area (Å²) in [6.45, 7) is 0.548. The Labute approximate surface area is 128 Å². The first-order valence-corrected chi connectivity index (χ1v) is 7.08. The van der Waals surface area contributed by atoms with Crippen molar-refractivity contribution in [2.75, 3.05) is 13.7 Å². The second kappa shape index (κ2) is 5.97. The van der Waals surface area contributed by atoms with E-state index in [0.717, 1.165) is 11.3 Å². The molecule has 0 saturated carbocycles. The molecule has 0 radical (unpaired) electrons. The van der Waals surface area contributed by atoms with Crippen molar-refractivity contribution in [1.29, 1.82) is 0 Å². The monoisotopic (exact) mass is 299 g/mol. The summed E-state index contributed by atoms with van der Waals surface area (Å²) in [5, 5.41) is 12.8. The number of para-hydroxylation sites is 1. The molecule has 0 aromatic heterocycles. The fraction of sp³-hybridized carbons (Fsp3) is 0.235. The van der Waals surface area contributed by atoms with Gasteiger partial charge in [0.15, 0.2) is 0 Å². The zero-order chi connectivity index (χ0) is 15.5. The van der Waals surface area contributed by atoms with E-state index in [1.165, 1.54) is 19.2 Å². The Balaban J connectivity index is 1.84. The molecule has 1 heterocycles. The highest BCUT2D eigenvalue weighted by Crippen LogP contribution is 2.32. The molecule has 2 aromatic rings. The van der Waals surface area contributed by atoms with Gasteiger partial charge in [0.2, 0.25) is 0 Å². The van der Waals surface area contributed by atoms with Crippen LogP contribution in [0.5, 0.6) is 17.2 Å². The van der Waals surface area contributed by atoms with Gasteiger partial charge >= 0.3 is 0 Å². The van der Waals surface area contributed by atoms with Crippen molar-refractivity contribution in [1.82, 2.24) is 5.32 Å². The van der Waals surface area contributed by atoms with Gasteiger partial charge in [0.05, 0.1) is 25.3 Å². The van der Waals surface area contributed by atoms with Crippen LogP contribution in [0.2, 0.25) is 0 Å². The number of fused-ring (bicyclic) bond motifs is 1. The first-order valence-electron chi connectivity index (χ1n) is 7.08. The van der Waals surface area contributed by atoms with E-state index in [1.54, 1.807) is 6.07 Å².